The summed E-state index contributed by atoms with van der Waals surface area (Å²) in [6.45, 7) is 1.92. The predicted molar refractivity (Wildman–Crippen MR) is 46.8 cm³/mol. The van der Waals surface area contributed by atoms with Gasteiger partial charge in [0, 0.05) is 0 Å². The first-order valence-electron chi connectivity index (χ1n) is 3.14. The molecule has 1 unspecified atom stereocenters. The summed E-state index contributed by atoms with van der Waals surface area (Å²) in [6, 6.07) is 0. The van der Waals surface area contributed by atoms with Crippen LogP contribution in [0.4, 0.5) is 0 Å². The topological polar surface area (TPSA) is 37.3 Å². The fraction of sp³-hybridized carbons (Fsp3) is 0.833. The van der Waals surface area contributed by atoms with Crippen molar-refractivity contribution in [2.45, 2.75) is 30.0 Å². The molecule has 1 N–H and O–H groups in total. The monoisotopic (exact) mass is 224 g/mol. The van der Waals surface area contributed by atoms with Crippen molar-refractivity contribution in [3.05, 3.63) is 0 Å². The summed E-state index contributed by atoms with van der Waals surface area (Å²) in [6.07, 6.45) is 0.743. The minimum atomic E-state index is -0.825. The van der Waals surface area contributed by atoms with E-state index in [0.29, 0.717) is 0 Å². The molecular formula is C6H13AsO2S. The van der Waals surface area contributed by atoms with Gasteiger partial charge >= 0.3 is 69.4 Å². The summed E-state index contributed by atoms with van der Waals surface area (Å²) in [4.78, 5) is 10.5. The third-order valence-corrected chi connectivity index (χ3v) is 6.45. The number of hydrogen-bond donors (Lipinski definition) is 1. The predicted octanol–water partition coefficient (Wildman–Crippen LogP) is 1.83. The third-order valence-electron chi connectivity index (χ3n) is 0.984. The van der Waals surface area contributed by atoms with E-state index < -0.39 is 19.5 Å². The Morgan fingerprint density at radius 2 is 2.20 bits per heavy atom. The minimum absolute atomic E-state index is 0.157. The van der Waals surface area contributed by atoms with E-state index in [1.807, 2.05) is 6.92 Å². The molecule has 0 amide bonds. The Morgan fingerprint density at radius 1 is 1.70 bits per heavy atom. The zero-order valence-electron chi connectivity index (χ0n) is 6.50. The van der Waals surface area contributed by atoms with Gasteiger partial charge in [-0.1, -0.05) is 0 Å². The fourth-order valence-electron chi connectivity index (χ4n) is 0.549. The zero-order valence-corrected chi connectivity index (χ0v) is 9.19. The molecule has 1 atom stereocenters. The number of hydrogen-bond acceptors (Lipinski definition) is 2. The van der Waals surface area contributed by atoms with Crippen LogP contribution >= 0.6 is 10.0 Å². The summed E-state index contributed by atoms with van der Waals surface area (Å²) in [7, 11) is 1.65. The number of rotatable bonds is 4. The van der Waals surface area contributed by atoms with Gasteiger partial charge in [-0.15, -0.1) is 0 Å². The van der Waals surface area contributed by atoms with E-state index in [4.69, 9.17) is 5.11 Å². The van der Waals surface area contributed by atoms with Crippen LogP contribution in [0.25, 0.3) is 0 Å². The van der Waals surface area contributed by atoms with Crippen molar-refractivity contribution in [1.29, 1.82) is 0 Å². The molecule has 60 valence electrons. The van der Waals surface area contributed by atoms with Crippen molar-refractivity contribution < 1.29 is 9.90 Å². The molecule has 0 spiro atoms. The molecule has 0 aliphatic heterocycles. The average molecular weight is 224 g/mol. The van der Waals surface area contributed by atoms with Crippen LogP contribution in [0, 0.1) is 0 Å². The second kappa shape index (κ2) is 5.09. The van der Waals surface area contributed by atoms with Crippen LogP contribution in [-0.2, 0) is 4.79 Å². The Kier molecular flexibility index (Phi) is 5.28. The Morgan fingerprint density at radius 3 is 2.30 bits per heavy atom. The van der Waals surface area contributed by atoms with Gasteiger partial charge in [0.15, 0.2) is 0 Å². The maximum atomic E-state index is 10.5. The molecule has 2 nitrogen and oxygen atoms in total. The average Bonchev–Trinajstić information content (AvgIpc) is 1.81. The van der Waals surface area contributed by atoms with Crippen LogP contribution in [0.5, 0.6) is 0 Å². The summed E-state index contributed by atoms with van der Waals surface area (Å²) in [5.41, 5.74) is 4.31. The van der Waals surface area contributed by atoms with Crippen molar-refractivity contribution in [2.75, 3.05) is 0 Å². The van der Waals surface area contributed by atoms with Gasteiger partial charge in [0.2, 0.25) is 0 Å². The molecule has 0 aromatic heterocycles. The van der Waals surface area contributed by atoms with E-state index in [1.165, 1.54) is 0 Å². The van der Waals surface area contributed by atoms with Gasteiger partial charge in [0.05, 0.1) is 0 Å². The number of carbonyl (C=O) groups is 1. The van der Waals surface area contributed by atoms with E-state index in [1.54, 1.807) is 10.0 Å². The molecule has 0 rings (SSSR count). The van der Waals surface area contributed by atoms with Crippen LogP contribution in [0.3, 0.4) is 0 Å². The first-order chi connectivity index (χ1) is 4.57. The van der Waals surface area contributed by atoms with Gasteiger partial charge in [-0.05, 0) is 0 Å². The van der Waals surface area contributed by atoms with Gasteiger partial charge in [-0.25, -0.2) is 0 Å². The molecular weight excluding hydrogens is 211 g/mol. The van der Waals surface area contributed by atoms with Crippen LogP contribution in [0.1, 0.15) is 13.3 Å². The van der Waals surface area contributed by atoms with Gasteiger partial charge in [0.25, 0.3) is 0 Å². The molecule has 0 aliphatic carbocycles. The van der Waals surface area contributed by atoms with Crippen LogP contribution in [-0.4, -0.2) is 29.8 Å². The molecule has 0 heterocycles. The molecule has 0 aromatic carbocycles. The van der Waals surface area contributed by atoms with Crippen LogP contribution < -0.4 is 0 Å². The van der Waals surface area contributed by atoms with E-state index in [0.717, 1.165) is 6.42 Å². The van der Waals surface area contributed by atoms with Crippen molar-refractivity contribution >= 4 is 29.5 Å². The number of carboxylic acid groups (broad SMARTS) is 1. The van der Waals surface area contributed by atoms with Crippen LogP contribution in [0.2, 0.25) is 11.4 Å². The molecule has 0 aromatic rings. The van der Waals surface area contributed by atoms with E-state index in [2.05, 4.69) is 11.4 Å². The van der Waals surface area contributed by atoms with Gasteiger partial charge in [-0.2, -0.15) is 0 Å². The SMILES string of the molecule is CCC(S[As](C)C)C(=O)O. The summed E-state index contributed by atoms with van der Waals surface area (Å²) >= 11 is -0.825. The van der Waals surface area contributed by atoms with Gasteiger partial charge in [-0.3, -0.25) is 0 Å². The fourth-order valence-corrected chi connectivity index (χ4v) is 6.01. The zero-order chi connectivity index (χ0) is 8.15. The van der Waals surface area contributed by atoms with Crippen molar-refractivity contribution in [3.63, 3.8) is 0 Å². The second-order valence-corrected chi connectivity index (χ2v) is 11.5. The normalized spacial score (nSPS) is 13.6. The Bertz CT molecular complexity index is 116. The standard InChI is InChI=1S/C6H13AsO2S/c1-4-5(6(8)9)10-7(2)3/h5H,4H2,1-3H3,(H,8,9). The number of carboxylic acids is 1. The van der Waals surface area contributed by atoms with Crippen molar-refractivity contribution in [3.8, 4) is 0 Å². The molecule has 0 aliphatic rings. The first kappa shape index (κ1) is 10.4. The van der Waals surface area contributed by atoms with Gasteiger partial charge < -0.3 is 0 Å². The molecule has 0 bridgehead atoms. The maximum absolute atomic E-state index is 10.5. The Balaban J connectivity index is 3.72. The van der Waals surface area contributed by atoms with E-state index in [-0.39, 0.29) is 5.25 Å². The van der Waals surface area contributed by atoms with E-state index in [9.17, 15) is 4.79 Å². The summed E-state index contributed by atoms with van der Waals surface area (Å²) in [5.74, 6) is -0.657. The molecule has 0 radical (unpaired) electrons. The third kappa shape index (κ3) is 4.23. The molecule has 10 heavy (non-hydrogen) atoms. The Labute approximate surface area is 69.6 Å². The Hall–Kier alpha value is 0.378. The summed E-state index contributed by atoms with van der Waals surface area (Å²) < 4.78 is 0. The summed E-state index contributed by atoms with van der Waals surface area (Å²) in [5, 5.41) is 8.47. The molecule has 0 saturated carbocycles. The molecule has 0 fully saturated rings. The molecule has 0 saturated heterocycles. The van der Waals surface area contributed by atoms with Crippen molar-refractivity contribution in [1.82, 2.24) is 0 Å². The molecule has 4 heteroatoms. The van der Waals surface area contributed by atoms with Gasteiger partial charge in [0.1, 0.15) is 0 Å². The quantitative estimate of drug-likeness (QED) is 0.740. The van der Waals surface area contributed by atoms with Crippen LogP contribution in [0.15, 0.2) is 0 Å². The van der Waals surface area contributed by atoms with Crippen molar-refractivity contribution in [2.24, 2.45) is 0 Å². The first-order valence-corrected chi connectivity index (χ1v) is 10.0. The number of aliphatic carboxylic acids is 1. The van der Waals surface area contributed by atoms with E-state index >= 15 is 0 Å². The second-order valence-electron chi connectivity index (χ2n) is 2.15.